The summed E-state index contributed by atoms with van der Waals surface area (Å²) in [6.45, 7) is 5.00. The number of imidazole rings is 1. The van der Waals surface area contributed by atoms with Gasteiger partial charge >= 0.3 is 5.69 Å². The Morgan fingerprint density at radius 3 is 2.73 bits per heavy atom. The molecule has 0 unspecified atom stereocenters. The molecule has 11 heteroatoms. The fourth-order valence-electron chi connectivity index (χ4n) is 3.50. The number of amides is 1. The van der Waals surface area contributed by atoms with Crippen molar-refractivity contribution in [2.24, 2.45) is 5.92 Å². The van der Waals surface area contributed by atoms with Crippen molar-refractivity contribution in [2.45, 2.75) is 39.8 Å². The molecule has 0 saturated carbocycles. The van der Waals surface area contributed by atoms with Crippen LogP contribution in [0.25, 0.3) is 11.2 Å². The SMILES string of the molecule is COCCn1c(CCC(=O)Nc2ccc(C#N)c(Cl)c2)nc2c1c(=O)[nH]c(=O)n2CC(C)C. The van der Waals surface area contributed by atoms with Gasteiger partial charge in [-0.25, -0.2) is 9.78 Å². The van der Waals surface area contributed by atoms with E-state index in [9.17, 15) is 14.4 Å². The average molecular weight is 473 g/mol. The number of aromatic amines is 1. The first-order valence-electron chi connectivity index (χ1n) is 10.5. The van der Waals surface area contributed by atoms with Crippen LogP contribution < -0.4 is 16.6 Å². The number of nitrogens with one attached hydrogen (secondary N) is 2. The van der Waals surface area contributed by atoms with E-state index >= 15 is 0 Å². The smallest absolute Gasteiger partial charge is 0.330 e. The van der Waals surface area contributed by atoms with Crippen molar-refractivity contribution in [1.29, 1.82) is 5.26 Å². The molecular formula is C22H25ClN6O4. The van der Waals surface area contributed by atoms with Crippen molar-refractivity contribution in [3.8, 4) is 6.07 Å². The van der Waals surface area contributed by atoms with E-state index in [2.05, 4.69) is 15.3 Å². The minimum Gasteiger partial charge on any atom is -0.383 e. The lowest BCUT2D eigenvalue weighted by atomic mass is 10.2. The Bertz CT molecular complexity index is 1330. The summed E-state index contributed by atoms with van der Waals surface area (Å²) in [5, 5.41) is 12.0. The number of methoxy groups -OCH3 is 1. The summed E-state index contributed by atoms with van der Waals surface area (Å²) in [7, 11) is 1.55. The molecule has 0 atom stereocenters. The molecule has 3 rings (SSSR count). The number of benzene rings is 1. The first kappa shape index (κ1) is 24.2. The molecule has 1 aromatic carbocycles. The molecule has 0 spiro atoms. The highest BCUT2D eigenvalue weighted by Crippen LogP contribution is 2.21. The van der Waals surface area contributed by atoms with Gasteiger partial charge in [0.15, 0.2) is 11.2 Å². The molecule has 0 fully saturated rings. The summed E-state index contributed by atoms with van der Waals surface area (Å²) in [6.07, 6.45) is 0.323. The maximum Gasteiger partial charge on any atom is 0.330 e. The first-order chi connectivity index (χ1) is 15.7. The highest BCUT2D eigenvalue weighted by molar-refractivity contribution is 6.32. The number of fused-ring (bicyclic) bond motifs is 1. The lowest BCUT2D eigenvalue weighted by Gasteiger charge is -2.10. The minimum atomic E-state index is -0.526. The quantitative estimate of drug-likeness (QED) is 0.490. The largest absolute Gasteiger partial charge is 0.383 e. The van der Waals surface area contributed by atoms with E-state index in [-0.39, 0.29) is 35.2 Å². The summed E-state index contributed by atoms with van der Waals surface area (Å²) < 4.78 is 8.31. The van der Waals surface area contributed by atoms with Crippen LogP contribution >= 0.6 is 11.6 Å². The number of rotatable bonds is 9. The lowest BCUT2D eigenvalue weighted by molar-refractivity contribution is -0.116. The molecule has 10 nitrogen and oxygen atoms in total. The molecule has 33 heavy (non-hydrogen) atoms. The number of H-pyrrole nitrogens is 1. The van der Waals surface area contributed by atoms with Gasteiger partial charge in [0.05, 0.1) is 17.2 Å². The van der Waals surface area contributed by atoms with Crippen LogP contribution in [-0.4, -0.2) is 38.7 Å². The molecule has 0 aliphatic carbocycles. The number of carbonyl (C=O) groups excluding carboxylic acids is 1. The normalized spacial score (nSPS) is 11.2. The van der Waals surface area contributed by atoms with Crippen LogP contribution in [-0.2, 0) is 29.0 Å². The van der Waals surface area contributed by atoms with Gasteiger partial charge in [0.25, 0.3) is 5.56 Å². The molecule has 0 radical (unpaired) electrons. The maximum absolute atomic E-state index is 12.6. The Labute approximate surface area is 194 Å². The molecule has 3 aromatic rings. The first-order valence-corrected chi connectivity index (χ1v) is 10.8. The Morgan fingerprint density at radius 1 is 1.33 bits per heavy atom. The molecule has 0 aliphatic rings. The predicted octanol–water partition coefficient (Wildman–Crippen LogP) is 2.29. The molecule has 174 valence electrons. The molecule has 1 amide bonds. The van der Waals surface area contributed by atoms with E-state index in [4.69, 9.17) is 21.6 Å². The number of aryl methyl sites for hydroxylation is 1. The third-order valence-corrected chi connectivity index (χ3v) is 5.29. The standard InChI is InChI=1S/C22H25ClN6O4/c1-13(2)12-29-20-19(21(31)27-22(29)32)28(8-9-33-3)17(26-20)6-7-18(30)25-15-5-4-14(11-24)16(23)10-15/h4-5,10,13H,6-9,12H2,1-3H3,(H,25,30)(H,27,31,32). The highest BCUT2D eigenvalue weighted by Gasteiger charge is 2.19. The summed E-state index contributed by atoms with van der Waals surface area (Å²) in [6, 6.07) is 6.60. The van der Waals surface area contributed by atoms with Gasteiger partial charge < -0.3 is 14.6 Å². The van der Waals surface area contributed by atoms with E-state index in [0.29, 0.717) is 42.4 Å². The van der Waals surface area contributed by atoms with E-state index in [1.54, 1.807) is 17.7 Å². The number of hydrogen-bond donors (Lipinski definition) is 2. The van der Waals surface area contributed by atoms with Crippen LogP contribution in [0.5, 0.6) is 0 Å². The van der Waals surface area contributed by atoms with E-state index in [1.807, 2.05) is 19.9 Å². The van der Waals surface area contributed by atoms with Crippen LogP contribution in [0.3, 0.4) is 0 Å². The maximum atomic E-state index is 12.6. The average Bonchev–Trinajstić information content (AvgIpc) is 3.12. The predicted molar refractivity (Wildman–Crippen MR) is 124 cm³/mol. The topological polar surface area (TPSA) is 135 Å². The van der Waals surface area contributed by atoms with Gasteiger partial charge in [0.1, 0.15) is 11.9 Å². The van der Waals surface area contributed by atoms with Crippen molar-refractivity contribution in [3.05, 3.63) is 55.4 Å². The third kappa shape index (κ3) is 5.50. The molecule has 0 aliphatic heterocycles. The van der Waals surface area contributed by atoms with Crippen molar-refractivity contribution in [2.75, 3.05) is 19.0 Å². The van der Waals surface area contributed by atoms with Gasteiger partial charge in [-0.15, -0.1) is 0 Å². The summed E-state index contributed by atoms with van der Waals surface area (Å²) >= 11 is 6.02. The summed E-state index contributed by atoms with van der Waals surface area (Å²) in [4.78, 5) is 44.5. The molecule has 0 bridgehead atoms. The Hall–Kier alpha value is -3.42. The third-order valence-electron chi connectivity index (χ3n) is 4.98. The molecule has 2 heterocycles. The van der Waals surface area contributed by atoms with E-state index in [1.165, 1.54) is 16.7 Å². The van der Waals surface area contributed by atoms with Gasteiger partial charge in [0, 0.05) is 38.7 Å². The van der Waals surface area contributed by atoms with Crippen molar-refractivity contribution >= 4 is 34.4 Å². The Morgan fingerprint density at radius 2 is 2.09 bits per heavy atom. The van der Waals surface area contributed by atoms with Crippen LogP contribution in [0.1, 0.15) is 31.7 Å². The van der Waals surface area contributed by atoms with E-state index < -0.39 is 11.2 Å². The number of ether oxygens (including phenoxy) is 1. The number of aromatic nitrogens is 4. The number of nitriles is 1. The second-order valence-corrected chi connectivity index (χ2v) is 8.37. The molecule has 2 N–H and O–H groups in total. The monoisotopic (exact) mass is 472 g/mol. The number of nitrogens with zero attached hydrogens (tertiary/aromatic N) is 4. The van der Waals surface area contributed by atoms with Gasteiger partial charge in [0.2, 0.25) is 5.91 Å². The van der Waals surface area contributed by atoms with E-state index in [0.717, 1.165) is 0 Å². The zero-order valence-electron chi connectivity index (χ0n) is 18.6. The molecule has 0 saturated heterocycles. The fourth-order valence-corrected chi connectivity index (χ4v) is 3.72. The van der Waals surface area contributed by atoms with Gasteiger partial charge in [-0.2, -0.15) is 5.26 Å². The van der Waals surface area contributed by atoms with Crippen LogP contribution in [0.15, 0.2) is 27.8 Å². The van der Waals surface area contributed by atoms with Crippen LogP contribution in [0.2, 0.25) is 5.02 Å². The van der Waals surface area contributed by atoms with Gasteiger partial charge in [-0.3, -0.25) is 19.1 Å². The molecule has 2 aromatic heterocycles. The molecular weight excluding hydrogens is 448 g/mol. The number of hydrogen-bond acceptors (Lipinski definition) is 6. The van der Waals surface area contributed by atoms with Crippen molar-refractivity contribution < 1.29 is 9.53 Å². The highest BCUT2D eigenvalue weighted by atomic mass is 35.5. The summed E-state index contributed by atoms with van der Waals surface area (Å²) in [5.74, 6) is 0.382. The fraction of sp³-hybridized carbons (Fsp3) is 0.409. The van der Waals surface area contributed by atoms with Crippen LogP contribution in [0, 0.1) is 17.2 Å². The number of halogens is 1. The summed E-state index contributed by atoms with van der Waals surface area (Å²) in [5.41, 5.74) is 0.323. The lowest BCUT2D eigenvalue weighted by Crippen LogP contribution is -2.32. The second-order valence-electron chi connectivity index (χ2n) is 7.96. The Kier molecular flexibility index (Phi) is 7.68. The van der Waals surface area contributed by atoms with Gasteiger partial charge in [-0.05, 0) is 24.1 Å². The van der Waals surface area contributed by atoms with Gasteiger partial charge in [-0.1, -0.05) is 25.4 Å². The minimum absolute atomic E-state index is 0.0836. The zero-order valence-corrected chi connectivity index (χ0v) is 19.4. The number of carbonyl (C=O) groups is 1. The van der Waals surface area contributed by atoms with Crippen molar-refractivity contribution in [3.63, 3.8) is 0 Å². The van der Waals surface area contributed by atoms with Crippen molar-refractivity contribution in [1.82, 2.24) is 19.1 Å². The number of anilines is 1. The Balaban J connectivity index is 1.90. The second kappa shape index (κ2) is 10.5. The zero-order chi connectivity index (χ0) is 24.1. The van der Waals surface area contributed by atoms with Crippen LogP contribution in [0.4, 0.5) is 5.69 Å².